The van der Waals surface area contributed by atoms with E-state index in [1.807, 2.05) is 27.6 Å². The van der Waals surface area contributed by atoms with Gasteiger partial charge in [-0.05, 0) is 123 Å². The Kier molecular flexibility index (Phi) is 5.67. The van der Waals surface area contributed by atoms with E-state index in [4.69, 9.17) is 9.51 Å². The molecule has 1 aromatic carbocycles. The number of amides is 1. The second-order valence-electron chi connectivity index (χ2n) is 14.3. The summed E-state index contributed by atoms with van der Waals surface area (Å²) in [5.74, 6) is 2.56. The molecule has 7 fully saturated rings. The maximum Gasteiger partial charge on any atom is 0.232 e. The van der Waals surface area contributed by atoms with Gasteiger partial charge in [-0.1, -0.05) is 17.3 Å². The van der Waals surface area contributed by atoms with E-state index in [9.17, 15) is 9.18 Å². The van der Waals surface area contributed by atoms with Crippen LogP contribution in [0.1, 0.15) is 88.3 Å². The van der Waals surface area contributed by atoms with Gasteiger partial charge in [-0.15, -0.1) is 10.2 Å². The minimum Gasteiger partial charge on any atom is -0.339 e. The number of hydrogen-bond acceptors (Lipinski definition) is 6. The van der Waals surface area contributed by atoms with E-state index in [2.05, 4.69) is 39.6 Å². The quantitative estimate of drug-likeness (QED) is 0.243. The van der Waals surface area contributed by atoms with Crippen LogP contribution in [0.15, 0.2) is 53.4 Å². The zero-order valence-electron chi connectivity index (χ0n) is 24.4. The van der Waals surface area contributed by atoms with Crippen molar-refractivity contribution in [3.05, 3.63) is 60.6 Å². The van der Waals surface area contributed by atoms with Gasteiger partial charge < -0.3 is 9.42 Å². The maximum atomic E-state index is 14.9. The van der Waals surface area contributed by atoms with Gasteiger partial charge in [-0.3, -0.25) is 9.20 Å². The van der Waals surface area contributed by atoms with Gasteiger partial charge >= 0.3 is 0 Å². The Morgan fingerprint density at radius 2 is 1.79 bits per heavy atom. The van der Waals surface area contributed by atoms with Crippen LogP contribution in [0, 0.1) is 23.2 Å². The molecule has 7 aliphatic carbocycles. The molecule has 4 aromatic rings. The van der Waals surface area contributed by atoms with Crippen molar-refractivity contribution in [2.45, 2.75) is 88.1 Å². The Morgan fingerprint density at radius 1 is 1.00 bits per heavy atom. The first-order chi connectivity index (χ1) is 21.0. The van der Waals surface area contributed by atoms with Gasteiger partial charge in [0.2, 0.25) is 11.8 Å². The summed E-state index contributed by atoms with van der Waals surface area (Å²) in [4.78, 5) is 21.4. The fraction of sp³-hybridized carbons (Fsp3) is 0.559. The molecule has 0 N–H and O–H groups in total. The van der Waals surface area contributed by atoms with E-state index in [1.54, 1.807) is 6.33 Å². The fourth-order valence-electron chi connectivity index (χ4n) is 8.72. The van der Waals surface area contributed by atoms with Crippen molar-refractivity contribution in [3.63, 3.8) is 0 Å². The second-order valence-corrected chi connectivity index (χ2v) is 14.3. The Labute approximate surface area is 250 Å². The number of carbonyl (C=O) groups is 1. The van der Waals surface area contributed by atoms with Crippen molar-refractivity contribution in [2.24, 2.45) is 23.2 Å². The third-order valence-electron chi connectivity index (χ3n) is 11.9. The highest BCUT2D eigenvalue weighted by Crippen LogP contribution is 2.59. The predicted octanol–water partition coefficient (Wildman–Crippen LogP) is 6.67. The molecule has 0 saturated heterocycles. The highest BCUT2D eigenvalue weighted by molar-refractivity contribution is 5.96. The summed E-state index contributed by atoms with van der Waals surface area (Å²) in [7, 11) is 0. The molecule has 7 saturated carbocycles. The average Bonchev–Trinajstić information content (AvgIpc) is 3.54. The van der Waals surface area contributed by atoms with Crippen molar-refractivity contribution in [1.29, 1.82) is 0 Å². The summed E-state index contributed by atoms with van der Waals surface area (Å²) in [6.07, 6.45) is 13.3. The first-order valence-corrected chi connectivity index (χ1v) is 16.2. The highest BCUT2D eigenvalue weighted by Gasteiger charge is 2.55. The summed E-state index contributed by atoms with van der Waals surface area (Å²) in [5.41, 5.74) is 3.76. The number of alkyl halides is 1. The van der Waals surface area contributed by atoms with Crippen molar-refractivity contribution in [2.75, 3.05) is 11.4 Å². The van der Waals surface area contributed by atoms with E-state index in [-0.39, 0.29) is 28.6 Å². The minimum atomic E-state index is -0.861. The summed E-state index contributed by atoms with van der Waals surface area (Å²) >= 11 is 0. The van der Waals surface area contributed by atoms with E-state index < -0.39 is 6.17 Å². The first kappa shape index (κ1) is 25.8. The molecule has 7 aliphatic rings. The lowest BCUT2D eigenvalue weighted by Gasteiger charge is -2.54. The topological polar surface area (TPSA) is 89.4 Å². The molecule has 43 heavy (non-hydrogen) atoms. The molecule has 0 aliphatic heterocycles. The standard InChI is InChI=1S/C34H37FN6O2/c35-28-18-27(24-14-25(28)15-24)31(42)41(26-3-1-2-22(16-26)23-6-13-40-20-36-38-29(40)17-23)19-33-7-10-34(11-8-33,12-9-33)32-37-30(39-43-32)21-4-5-21/h1-3,6,13,16-17,20-21,24-25,27-28H,4-5,7-12,14-15,18-19H2/t24?,25?,27-,28?,33?,34?/m1/s1. The maximum absolute atomic E-state index is 14.9. The summed E-state index contributed by atoms with van der Waals surface area (Å²) in [6, 6.07) is 12.4. The molecule has 9 heteroatoms. The van der Waals surface area contributed by atoms with Crippen LogP contribution in [0.5, 0.6) is 0 Å². The zero-order chi connectivity index (χ0) is 28.8. The van der Waals surface area contributed by atoms with Crippen LogP contribution in [0.25, 0.3) is 16.8 Å². The molecular formula is C34H37FN6O2. The van der Waals surface area contributed by atoms with Crippen LogP contribution in [0.4, 0.5) is 10.1 Å². The van der Waals surface area contributed by atoms with Gasteiger partial charge in [0.05, 0.1) is 0 Å². The third-order valence-corrected chi connectivity index (χ3v) is 11.9. The lowest BCUT2D eigenvalue weighted by molar-refractivity contribution is -0.133. The van der Waals surface area contributed by atoms with Crippen LogP contribution >= 0.6 is 0 Å². The smallest absolute Gasteiger partial charge is 0.232 e. The Bertz CT molecular complexity index is 1680. The highest BCUT2D eigenvalue weighted by atomic mass is 19.1. The molecule has 2 atom stereocenters. The number of anilines is 1. The van der Waals surface area contributed by atoms with Crippen LogP contribution < -0.4 is 4.90 Å². The molecule has 222 valence electrons. The number of carbonyl (C=O) groups excluding carboxylic acids is 1. The lowest BCUT2D eigenvalue weighted by atomic mass is 9.53. The Morgan fingerprint density at radius 3 is 2.56 bits per heavy atom. The van der Waals surface area contributed by atoms with Gasteiger partial charge in [0.25, 0.3) is 0 Å². The molecular weight excluding hydrogens is 543 g/mol. The molecule has 1 unspecified atom stereocenters. The number of rotatable bonds is 7. The normalized spacial score (nSPS) is 33.0. The predicted molar refractivity (Wildman–Crippen MR) is 158 cm³/mol. The van der Waals surface area contributed by atoms with Crippen LogP contribution in [0.3, 0.4) is 0 Å². The molecule has 3 aromatic heterocycles. The average molecular weight is 581 g/mol. The van der Waals surface area contributed by atoms with Gasteiger partial charge in [0, 0.05) is 35.7 Å². The molecule has 3 heterocycles. The SMILES string of the molecule is O=C([C@@H]1CC(F)C2CC1C2)N(CC12CCC(c3nc(C4CC4)no3)(CC1)CC2)c1cccc(-c2ccn3cnnc3c2)c1. The van der Waals surface area contributed by atoms with Crippen molar-refractivity contribution < 1.29 is 13.7 Å². The van der Waals surface area contributed by atoms with Crippen molar-refractivity contribution in [1.82, 2.24) is 24.7 Å². The number of pyridine rings is 1. The number of aromatic nitrogens is 5. The van der Waals surface area contributed by atoms with Crippen molar-refractivity contribution in [3.8, 4) is 11.1 Å². The van der Waals surface area contributed by atoms with Crippen molar-refractivity contribution >= 4 is 17.2 Å². The molecule has 11 rings (SSSR count). The Balaban J connectivity index is 1.02. The monoisotopic (exact) mass is 580 g/mol. The van der Waals surface area contributed by atoms with Crippen LogP contribution in [0.2, 0.25) is 0 Å². The van der Waals surface area contributed by atoms with E-state index in [0.717, 1.165) is 85.5 Å². The van der Waals surface area contributed by atoms with E-state index in [1.165, 1.54) is 12.8 Å². The summed E-state index contributed by atoms with van der Waals surface area (Å²) in [6.45, 7) is 0.676. The fourth-order valence-corrected chi connectivity index (χ4v) is 8.72. The number of hydrogen-bond donors (Lipinski definition) is 0. The largest absolute Gasteiger partial charge is 0.339 e. The van der Waals surface area contributed by atoms with Gasteiger partial charge in [-0.2, -0.15) is 4.98 Å². The minimum absolute atomic E-state index is 0.0250. The lowest BCUT2D eigenvalue weighted by Crippen LogP contribution is -2.54. The summed E-state index contributed by atoms with van der Waals surface area (Å²) in [5, 5.41) is 12.6. The second kappa shape index (κ2) is 9.44. The molecule has 8 nitrogen and oxygen atoms in total. The van der Waals surface area contributed by atoms with E-state index in [0.29, 0.717) is 24.8 Å². The molecule has 0 radical (unpaired) electrons. The molecule has 4 bridgehead atoms. The summed E-state index contributed by atoms with van der Waals surface area (Å²) < 4.78 is 22.7. The molecule has 1 amide bonds. The van der Waals surface area contributed by atoms with E-state index >= 15 is 0 Å². The number of nitrogens with zero attached hydrogens (tertiary/aromatic N) is 6. The number of benzene rings is 1. The Hall–Kier alpha value is -3.62. The number of halogens is 1. The number of fused-ring (bicyclic) bond motifs is 6. The van der Waals surface area contributed by atoms with Crippen LogP contribution in [-0.2, 0) is 10.2 Å². The zero-order valence-corrected chi connectivity index (χ0v) is 24.4. The van der Waals surface area contributed by atoms with Crippen LogP contribution in [-0.4, -0.2) is 43.4 Å². The first-order valence-electron chi connectivity index (χ1n) is 16.2. The van der Waals surface area contributed by atoms with Gasteiger partial charge in [0.15, 0.2) is 11.5 Å². The third kappa shape index (κ3) is 4.25. The van der Waals surface area contributed by atoms with Gasteiger partial charge in [-0.25, -0.2) is 4.39 Å². The van der Waals surface area contributed by atoms with Gasteiger partial charge in [0.1, 0.15) is 12.5 Å². The molecule has 0 spiro atoms.